The van der Waals surface area contributed by atoms with E-state index in [2.05, 4.69) is 76.5 Å². The normalized spacial score (nSPS) is 21.0. The van der Waals surface area contributed by atoms with Crippen molar-refractivity contribution in [1.82, 2.24) is 5.43 Å². The lowest BCUT2D eigenvalue weighted by molar-refractivity contribution is -0.123. The molecule has 3 atom stereocenters. The average Bonchev–Trinajstić information content (AvgIpc) is 3.37. The highest BCUT2D eigenvalue weighted by Crippen LogP contribution is 2.49. The third-order valence-electron chi connectivity index (χ3n) is 6.40. The summed E-state index contributed by atoms with van der Waals surface area (Å²) in [5, 5.41) is 8.07. The molecule has 1 heterocycles. The van der Waals surface area contributed by atoms with Gasteiger partial charge in [0.25, 0.3) is 5.91 Å². The van der Waals surface area contributed by atoms with Gasteiger partial charge in [0, 0.05) is 11.6 Å². The van der Waals surface area contributed by atoms with Gasteiger partial charge in [-0.1, -0.05) is 66.7 Å². The molecule has 0 fully saturated rings. The van der Waals surface area contributed by atoms with Crippen molar-refractivity contribution in [2.75, 3.05) is 11.9 Å². The van der Waals surface area contributed by atoms with E-state index in [4.69, 9.17) is 4.74 Å². The number of hydrogen-bond donors (Lipinski definition) is 2. The van der Waals surface area contributed by atoms with Gasteiger partial charge in [0.1, 0.15) is 5.75 Å². The first-order valence-corrected chi connectivity index (χ1v) is 11.3. The third kappa shape index (κ3) is 4.53. The topological polar surface area (TPSA) is 62.7 Å². The van der Waals surface area contributed by atoms with Gasteiger partial charge < -0.3 is 10.1 Å². The van der Waals surface area contributed by atoms with Crippen LogP contribution < -0.4 is 15.5 Å². The predicted molar refractivity (Wildman–Crippen MR) is 132 cm³/mol. The van der Waals surface area contributed by atoms with E-state index in [1.807, 2.05) is 37.3 Å². The molecule has 0 unspecified atom stereocenters. The number of amides is 1. The van der Waals surface area contributed by atoms with Gasteiger partial charge in [-0.15, -0.1) is 0 Å². The van der Waals surface area contributed by atoms with Crippen molar-refractivity contribution in [2.45, 2.75) is 25.3 Å². The van der Waals surface area contributed by atoms with Crippen LogP contribution in [0, 0.1) is 5.92 Å². The number of nitrogens with one attached hydrogen (secondary N) is 2. The molecule has 3 aromatic rings. The summed E-state index contributed by atoms with van der Waals surface area (Å²) in [5.74, 6) is 1.22. The number of anilines is 1. The minimum Gasteiger partial charge on any atom is -0.484 e. The highest BCUT2D eigenvalue weighted by molar-refractivity contribution is 6.00. The second-order valence-corrected chi connectivity index (χ2v) is 8.52. The van der Waals surface area contributed by atoms with Gasteiger partial charge in [-0.2, -0.15) is 5.10 Å². The lowest BCUT2D eigenvalue weighted by atomic mass is 9.76. The van der Waals surface area contributed by atoms with E-state index in [-0.39, 0.29) is 12.5 Å². The van der Waals surface area contributed by atoms with E-state index in [1.54, 1.807) is 0 Å². The van der Waals surface area contributed by atoms with Crippen molar-refractivity contribution >= 4 is 17.3 Å². The number of ether oxygens (including phenoxy) is 1. The van der Waals surface area contributed by atoms with Crippen LogP contribution in [0.1, 0.15) is 42.0 Å². The number of nitrogens with zero attached hydrogens (tertiary/aromatic N) is 1. The van der Waals surface area contributed by atoms with Gasteiger partial charge >= 0.3 is 0 Å². The first-order chi connectivity index (χ1) is 16.2. The zero-order chi connectivity index (χ0) is 22.6. The fourth-order valence-electron chi connectivity index (χ4n) is 4.72. The molecule has 1 amide bonds. The highest BCUT2D eigenvalue weighted by Gasteiger charge is 2.37. The van der Waals surface area contributed by atoms with Crippen molar-refractivity contribution in [2.24, 2.45) is 11.0 Å². The SMILES string of the molecule is C/C(=N/NC(=O)COc1ccccc1)c1ccc2c(c1)[C@@H]1C=CC[C@@H]1[C@H](c1ccccc1)N2. The van der Waals surface area contributed by atoms with Crippen LogP contribution in [-0.2, 0) is 4.79 Å². The van der Waals surface area contributed by atoms with E-state index in [9.17, 15) is 4.79 Å². The van der Waals surface area contributed by atoms with E-state index in [0.717, 1.165) is 23.4 Å². The zero-order valence-corrected chi connectivity index (χ0v) is 18.6. The Kier molecular flexibility index (Phi) is 5.94. The van der Waals surface area contributed by atoms with Crippen LogP contribution in [0.3, 0.4) is 0 Å². The summed E-state index contributed by atoms with van der Waals surface area (Å²) in [6, 6.07) is 26.6. The van der Waals surface area contributed by atoms with Crippen molar-refractivity contribution in [3.63, 3.8) is 0 Å². The van der Waals surface area contributed by atoms with Crippen LogP contribution in [0.15, 0.2) is 96.1 Å². The molecule has 2 aliphatic rings. The molecule has 5 heteroatoms. The minimum absolute atomic E-state index is 0.0790. The van der Waals surface area contributed by atoms with Gasteiger partial charge in [-0.05, 0) is 60.2 Å². The van der Waals surface area contributed by atoms with Crippen molar-refractivity contribution < 1.29 is 9.53 Å². The summed E-state index contributed by atoms with van der Waals surface area (Å²) >= 11 is 0. The second-order valence-electron chi connectivity index (χ2n) is 8.52. The fourth-order valence-corrected chi connectivity index (χ4v) is 4.72. The number of carbonyl (C=O) groups excluding carboxylic acids is 1. The van der Waals surface area contributed by atoms with Crippen LogP contribution in [0.25, 0.3) is 0 Å². The number of benzene rings is 3. The van der Waals surface area contributed by atoms with Gasteiger partial charge in [0.15, 0.2) is 6.61 Å². The quantitative estimate of drug-likeness (QED) is 0.307. The Balaban J connectivity index is 1.29. The molecule has 33 heavy (non-hydrogen) atoms. The van der Waals surface area contributed by atoms with Gasteiger partial charge in [0.2, 0.25) is 0 Å². The van der Waals surface area contributed by atoms with E-state index < -0.39 is 0 Å². The molecule has 0 saturated heterocycles. The Morgan fingerprint density at radius 3 is 2.61 bits per heavy atom. The molecule has 0 bridgehead atoms. The molecule has 3 aromatic carbocycles. The van der Waals surface area contributed by atoms with Gasteiger partial charge in [0.05, 0.1) is 11.8 Å². The maximum absolute atomic E-state index is 12.1. The van der Waals surface area contributed by atoms with Gasteiger partial charge in [-0.25, -0.2) is 5.43 Å². The summed E-state index contributed by atoms with van der Waals surface area (Å²) in [4.78, 5) is 12.1. The van der Waals surface area contributed by atoms with Crippen molar-refractivity contribution in [1.29, 1.82) is 0 Å². The number of allylic oxidation sites excluding steroid dienone is 2. The van der Waals surface area contributed by atoms with Crippen LogP contribution >= 0.6 is 0 Å². The molecule has 0 saturated carbocycles. The third-order valence-corrected chi connectivity index (χ3v) is 6.40. The maximum atomic E-state index is 12.1. The number of para-hydroxylation sites is 1. The van der Waals surface area contributed by atoms with Crippen molar-refractivity contribution in [3.8, 4) is 5.75 Å². The van der Waals surface area contributed by atoms with Crippen LogP contribution in [0.5, 0.6) is 5.75 Å². The molecule has 5 nitrogen and oxygen atoms in total. The highest BCUT2D eigenvalue weighted by atomic mass is 16.5. The summed E-state index contributed by atoms with van der Waals surface area (Å²) in [6.07, 6.45) is 5.69. The monoisotopic (exact) mass is 437 g/mol. The Hall–Kier alpha value is -3.86. The minimum atomic E-state index is -0.290. The molecule has 0 spiro atoms. The van der Waals surface area contributed by atoms with Crippen molar-refractivity contribution in [3.05, 3.63) is 108 Å². The lowest BCUT2D eigenvalue weighted by Gasteiger charge is -2.37. The van der Waals surface area contributed by atoms with E-state index in [0.29, 0.717) is 23.6 Å². The summed E-state index contributed by atoms with van der Waals surface area (Å²) in [5.41, 5.74) is 8.12. The summed E-state index contributed by atoms with van der Waals surface area (Å²) in [6.45, 7) is 1.83. The molecule has 1 aliphatic heterocycles. The molecule has 166 valence electrons. The summed E-state index contributed by atoms with van der Waals surface area (Å²) < 4.78 is 5.48. The van der Waals surface area contributed by atoms with Crippen LogP contribution in [0.2, 0.25) is 0 Å². The lowest BCUT2D eigenvalue weighted by Crippen LogP contribution is -2.29. The Bertz CT molecular complexity index is 1190. The van der Waals surface area contributed by atoms with E-state index >= 15 is 0 Å². The smallest absolute Gasteiger partial charge is 0.277 e. The number of carbonyl (C=O) groups is 1. The molecule has 1 aliphatic carbocycles. The standard InChI is InChI=1S/C28H27N3O2/c1-19(30-31-27(32)18-33-22-11-6-3-7-12-22)21-15-16-26-25(17-21)23-13-8-14-24(23)28(29-26)20-9-4-2-5-10-20/h2-13,15-17,23-24,28-29H,14,18H2,1H3,(H,31,32)/b30-19-/t23-,24+,28+/m1/s1. The number of hydrogen-bond acceptors (Lipinski definition) is 4. The second kappa shape index (κ2) is 9.33. The predicted octanol–water partition coefficient (Wildman–Crippen LogP) is 5.43. The fraction of sp³-hybridized carbons (Fsp3) is 0.214. The average molecular weight is 438 g/mol. The summed E-state index contributed by atoms with van der Waals surface area (Å²) in [7, 11) is 0. The first kappa shape index (κ1) is 21.0. The maximum Gasteiger partial charge on any atom is 0.277 e. The Labute approximate surface area is 194 Å². The molecular formula is C28H27N3O2. The number of fused-ring (bicyclic) bond motifs is 3. The van der Waals surface area contributed by atoms with Crippen LogP contribution in [-0.4, -0.2) is 18.2 Å². The number of hydrazone groups is 1. The molecule has 0 radical (unpaired) electrons. The Morgan fingerprint density at radius 2 is 1.82 bits per heavy atom. The number of rotatable bonds is 6. The first-order valence-electron chi connectivity index (χ1n) is 11.3. The molecular weight excluding hydrogens is 410 g/mol. The molecule has 0 aromatic heterocycles. The zero-order valence-electron chi connectivity index (χ0n) is 18.6. The largest absolute Gasteiger partial charge is 0.484 e. The van der Waals surface area contributed by atoms with Gasteiger partial charge in [-0.3, -0.25) is 4.79 Å². The molecule has 5 rings (SSSR count). The van der Waals surface area contributed by atoms with E-state index in [1.165, 1.54) is 11.1 Å². The molecule has 2 N–H and O–H groups in total. The Morgan fingerprint density at radius 1 is 1.06 bits per heavy atom. The van der Waals surface area contributed by atoms with Crippen LogP contribution in [0.4, 0.5) is 5.69 Å².